The number of hydrogen-bond acceptors (Lipinski definition) is 7. The molecular formula is C43H62Cl2F3N7O7. The van der Waals surface area contributed by atoms with Gasteiger partial charge in [-0.2, -0.15) is 13.2 Å². The highest BCUT2D eigenvalue weighted by atomic mass is 35.5. The minimum atomic E-state index is -4.81. The fourth-order valence-electron chi connectivity index (χ4n) is 8.16. The standard InChI is InChI=1S/C43H62Cl2F3N7O7/c1-24(2)21-30-37(59)55(7)32(23-27-22-28(44)16-17-29(27)45)36(58)53-41(4,5)39(61)49-20-12-9-13-31(35(57)51-30)54(6)38(60)33(26-14-15-26)52-34(56)25(3)50-40(62)42(43(46,47)48)18-10-8-11-19-42/h16-17,22,24-26,30-33H,8-15,18-21,23H2,1-7H3,(H,49,61)(H,50,62)(H,51,57)(H,52,56)(H,53,58)/t25-,30-,31-,32-,33-/m0/s1. The van der Waals surface area contributed by atoms with E-state index in [9.17, 15) is 46.7 Å². The Morgan fingerprint density at radius 2 is 1.58 bits per heavy atom. The lowest BCUT2D eigenvalue weighted by atomic mass is 9.72. The molecule has 1 heterocycles. The molecule has 1 aliphatic heterocycles. The number of nitrogens with one attached hydrogen (secondary N) is 5. The predicted molar refractivity (Wildman–Crippen MR) is 228 cm³/mol. The second-order valence-electron chi connectivity index (χ2n) is 18.1. The van der Waals surface area contributed by atoms with Crippen LogP contribution < -0.4 is 26.6 Å². The highest BCUT2D eigenvalue weighted by molar-refractivity contribution is 6.33. The third-order valence-corrected chi connectivity index (χ3v) is 12.9. The van der Waals surface area contributed by atoms with Crippen molar-refractivity contribution in [3.05, 3.63) is 33.8 Å². The summed E-state index contributed by atoms with van der Waals surface area (Å²) in [5, 5.41) is 14.0. The molecule has 5 atom stereocenters. The van der Waals surface area contributed by atoms with Gasteiger partial charge in [-0.15, -0.1) is 0 Å². The first-order valence-electron chi connectivity index (χ1n) is 21.5. The van der Waals surface area contributed by atoms with Gasteiger partial charge in [-0.05, 0) is 108 Å². The molecule has 346 valence electrons. The molecule has 14 nitrogen and oxygen atoms in total. The zero-order chi connectivity index (χ0) is 46.3. The smallest absolute Gasteiger partial charge is 0.354 e. The number of nitrogens with zero attached hydrogens (tertiary/aromatic N) is 2. The number of halogens is 5. The van der Waals surface area contributed by atoms with E-state index in [1.54, 1.807) is 18.2 Å². The van der Waals surface area contributed by atoms with E-state index in [0.29, 0.717) is 47.7 Å². The fourth-order valence-corrected chi connectivity index (χ4v) is 8.55. The van der Waals surface area contributed by atoms with Crippen LogP contribution in [-0.4, -0.2) is 114 Å². The van der Waals surface area contributed by atoms with Crippen LogP contribution in [0.1, 0.15) is 111 Å². The van der Waals surface area contributed by atoms with Crippen molar-refractivity contribution in [3.63, 3.8) is 0 Å². The average molecular weight is 917 g/mol. The summed E-state index contributed by atoms with van der Waals surface area (Å²) in [6.07, 6.45) is -2.60. The van der Waals surface area contributed by atoms with Crippen molar-refractivity contribution in [2.45, 2.75) is 154 Å². The van der Waals surface area contributed by atoms with Gasteiger partial charge in [0.15, 0.2) is 0 Å². The number of likely N-dealkylation sites (N-methyl/N-ethyl adjacent to an activating group) is 2. The van der Waals surface area contributed by atoms with Crippen LogP contribution >= 0.6 is 23.2 Å². The first-order chi connectivity index (χ1) is 28.9. The molecule has 2 aliphatic carbocycles. The summed E-state index contributed by atoms with van der Waals surface area (Å²) in [4.78, 5) is 99.7. The molecule has 0 aromatic heterocycles. The largest absolute Gasteiger partial charge is 0.403 e. The lowest BCUT2D eigenvalue weighted by molar-refractivity contribution is -0.230. The molecule has 1 aromatic carbocycles. The van der Waals surface area contributed by atoms with Gasteiger partial charge in [-0.3, -0.25) is 33.6 Å². The normalized spacial score (nSPS) is 24.0. The van der Waals surface area contributed by atoms with Crippen molar-refractivity contribution < 1.29 is 46.7 Å². The van der Waals surface area contributed by atoms with Crippen LogP contribution in [-0.2, 0) is 40.0 Å². The Labute approximate surface area is 371 Å². The summed E-state index contributed by atoms with van der Waals surface area (Å²) < 4.78 is 42.7. The molecule has 0 spiro atoms. The van der Waals surface area contributed by atoms with Crippen molar-refractivity contribution >= 4 is 64.6 Å². The van der Waals surface area contributed by atoms with Gasteiger partial charge in [-0.1, -0.05) is 56.3 Å². The lowest BCUT2D eigenvalue weighted by Crippen LogP contribution is -2.62. The Morgan fingerprint density at radius 3 is 2.18 bits per heavy atom. The first kappa shape index (κ1) is 50.5. The summed E-state index contributed by atoms with van der Waals surface area (Å²) in [5.74, 6) is -5.66. The lowest BCUT2D eigenvalue weighted by Gasteiger charge is -2.38. The van der Waals surface area contributed by atoms with E-state index in [4.69, 9.17) is 23.2 Å². The van der Waals surface area contributed by atoms with E-state index in [-0.39, 0.29) is 63.3 Å². The maximum absolute atomic E-state index is 14.5. The second-order valence-corrected chi connectivity index (χ2v) is 18.9. The van der Waals surface area contributed by atoms with Crippen LogP contribution in [0.2, 0.25) is 10.0 Å². The van der Waals surface area contributed by atoms with Gasteiger partial charge in [0.05, 0.1) is 0 Å². The minimum absolute atomic E-state index is 0.0901. The van der Waals surface area contributed by atoms with E-state index in [1.165, 1.54) is 44.7 Å². The second kappa shape index (κ2) is 21.0. The molecule has 19 heteroatoms. The van der Waals surface area contributed by atoms with Crippen molar-refractivity contribution in [1.29, 1.82) is 0 Å². The van der Waals surface area contributed by atoms with Gasteiger partial charge in [0.2, 0.25) is 41.4 Å². The Kier molecular flexibility index (Phi) is 17.1. The topological polar surface area (TPSA) is 186 Å². The maximum atomic E-state index is 14.5. The van der Waals surface area contributed by atoms with Gasteiger partial charge in [0.25, 0.3) is 0 Å². The molecule has 1 saturated heterocycles. The molecule has 0 bridgehead atoms. The number of rotatable bonds is 11. The number of amides is 7. The van der Waals surface area contributed by atoms with E-state index in [1.807, 2.05) is 13.8 Å². The maximum Gasteiger partial charge on any atom is 0.403 e. The summed E-state index contributed by atoms with van der Waals surface area (Å²) >= 11 is 12.8. The number of carbonyl (C=O) groups excluding carboxylic acids is 7. The van der Waals surface area contributed by atoms with Crippen LogP contribution in [0.4, 0.5) is 13.2 Å². The van der Waals surface area contributed by atoms with E-state index >= 15 is 0 Å². The van der Waals surface area contributed by atoms with Crippen LogP contribution in [0.25, 0.3) is 0 Å². The van der Waals surface area contributed by atoms with E-state index in [2.05, 4.69) is 26.6 Å². The molecule has 62 heavy (non-hydrogen) atoms. The summed E-state index contributed by atoms with van der Waals surface area (Å²) in [5.41, 5.74) is -3.56. The third-order valence-electron chi connectivity index (χ3n) is 12.3. The molecule has 7 amide bonds. The Bertz CT molecular complexity index is 1840. The molecule has 4 rings (SSSR count). The monoisotopic (exact) mass is 915 g/mol. The highest BCUT2D eigenvalue weighted by Gasteiger charge is 2.60. The molecule has 0 unspecified atom stereocenters. The molecule has 3 aliphatic rings. The molecule has 2 saturated carbocycles. The van der Waals surface area contributed by atoms with Gasteiger partial charge < -0.3 is 36.4 Å². The zero-order valence-corrected chi connectivity index (χ0v) is 38.1. The quantitative estimate of drug-likeness (QED) is 0.211. The van der Waals surface area contributed by atoms with Crippen molar-refractivity contribution in [3.8, 4) is 0 Å². The van der Waals surface area contributed by atoms with Crippen LogP contribution in [0, 0.1) is 17.3 Å². The Balaban J connectivity index is 1.61. The van der Waals surface area contributed by atoms with Crippen LogP contribution in [0.15, 0.2) is 18.2 Å². The minimum Gasteiger partial charge on any atom is -0.354 e. The van der Waals surface area contributed by atoms with E-state index in [0.717, 1.165) is 0 Å². The van der Waals surface area contributed by atoms with Crippen LogP contribution in [0.5, 0.6) is 0 Å². The number of hydrogen-bond donors (Lipinski definition) is 5. The molecule has 5 N–H and O–H groups in total. The van der Waals surface area contributed by atoms with E-state index < -0.39 is 88.7 Å². The van der Waals surface area contributed by atoms with Gasteiger partial charge >= 0.3 is 6.18 Å². The van der Waals surface area contributed by atoms with Crippen molar-refractivity contribution in [1.82, 2.24) is 36.4 Å². The number of benzene rings is 1. The highest BCUT2D eigenvalue weighted by Crippen LogP contribution is 2.49. The van der Waals surface area contributed by atoms with Crippen molar-refractivity contribution in [2.75, 3.05) is 20.6 Å². The zero-order valence-electron chi connectivity index (χ0n) is 36.6. The Morgan fingerprint density at radius 1 is 0.935 bits per heavy atom. The molecule has 1 aromatic rings. The third kappa shape index (κ3) is 12.5. The fraction of sp³-hybridized carbons (Fsp3) is 0.698. The summed E-state index contributed by atoms with van der Waals surface area (Å²) in [6, 6.07) is -1.41. The summed E-state index contributed by atoms with van der Waals surface area (Å²) in [6.45, 7) is 8.20. The van der Waals surface area contributed by atoms with Gasteiger partial charge in [0, 0.05) is 37.1 Å². The summed E-state index contributed by atoms with van der Waals surface area (Å²) in [7, 11) is 2.82. The average Bonchev–Trinajstić information content (AvgIpc) is 4.04. The van der Waals surface area contributed by atoms with Crippen molar-refractivity contribution in [2.24, 2.45) is 17.3 Å². The van der Waals surface area contributed by atoms with Gasteiger partial charge in [-0.25, -0.2) is 0 Å². The molecular weight excluding hydrogens is 854 g/mol. The number of carbonyl (C=O) groups is 7. The van der Waals surface area contributed by atoms with Crippen LogP contribution in [0.3, 0.4) is 0 Å². The number of alkyl halides is 3. The van der Waals surface area contributed by atoms with Gasteiger partial charge in [0.1, 0.15) is 41.2 Å². The molecule has 0 radical (unpaired) electrons. The molecule has 3 fully saturated rings. The Hall–Kier alpha value is -4.12. The first-order valence-corrected chi connectivity index (χ1v) is 22.2. The predicted octanol–water partition coefficient (Wildman–Crippen LogP) is 4.83. The SMILES string of the molecule is CC(C)C[C@@H]1NC(=O)[C@@H](N(C)C(=O)[C@@H](NC(=O)[C@H](C)NC(=O)C2(C(F)(F)F)CCCCC2)C2CC2)CCCCNC(=O)C(C)(C)NC(=O)[C@H](Cc2cc(Cl)ccc2Cl)N(C)C1=O.